The summed E-state index contributed by atoms with van der Waals surface area (Å²) in [5.41, 5.74) is 3.55. The number of nitrogens with one attached hydrogen (secondary N) is 2. The number of aryl methyl sites for hydroxylation is 1. The van der Waals surface area contributed by atoms with E-state index in [0.29, 0.717) is 19.0 Å². The number of imidazole rings is 1. The highest BCUT2D eigenvalue weighted by atomic mass is 16.5. The van der Waals surface area contributed by atoms with Crippen LogP contribution in [-0.2, 0) is 0 Å². The van der Waals surface area contributed by atoms with Gasteiger partial charge in [0, 0.05) is 49.8 Å². The van der Waals surface area contributed by atoms with Gasteiger partial charge in [-0.2, -0.15) is 0 Å². The van der Waals surface area contributed by atoms with Gasteiger partial charge in [-0.25, -0.2) is 15.0 Å². The van der Waals surface area contributed by atoms with E-state index in [-0.39, 0.29) is 0 Å². The Bertz CT molecular complexity index is 1560. The van der Waals surface area contributed by atoms with Gasteiger partial charge in [0.25, 0.3) is 0 Å². The molecule has 0 aliphatic carbocycles. The van der Waals surface area contributed by atoms with Gasteiger partial charge in [-0.05, 0) is 55.0 Å². The van der Waals surface area contributed by atoms with E-state index in [9.17, 15) is 0 Å². The number of hydrogen-bond donors (Lipinski definition) is 2. The highest BCUT2D eigenvalue weighted by Gasteiger charge is 2.09. The van der Waals surface area contributed by atoms with Crippen LogP contribution >= 0.6 is 0 Å². The maximum atomic E-state index is 6.12. The smallest absolute Gasteiger partial charge is 0.141 e. The van der Waals surface area contributed by atoms with E-state index in [2.05, 4.69) is 32.2 Å². The van der Waals surface area contributed by atoms with Crippen LogP contribution < -0.4 is 20.1 Å². The van der Waals surface area contributed by atoms with Gasteiger partial charge >= 0.3 is 0 Å². The van der Waals surface area contributed by atoms with E-state index < -0.39 is 0 Å². The zero-order chi connectivity index (χ0) is 25.8. The third-order valence-electron chi connectivity index (χ3n) is 5.88. The molecular weight excluding hydrogens is 466 g/mol. The number of aromatic nitrogens is 4. The average molecular weight is 496 g/mol. The molecule has 0 saturated heterocycles. The standard InChI is InChI=1S/C28H29N7O2/c1-19-15-21(5-8-26(19)37-23-9-12-35-13-10-30-27(35)17-23)33-28-24-16-22(6-7-25(24)31-18-32-28)36-14-11-29-20(2)34(3)4/h5-10,12-13,15-18,29H,2,11,14H2,1,3-4H3,(H,31,32,33). The first-order valence-electron chi connectivity index (χ1n) is 11.9. The van der Waals surface area contributed by atoms with Gasteiger partial charge in [0.2, 0.25) is 0 Å². The largest absolute Gasteiger partial charge is 0.492 e. The van der Waals surface area contributed by atoms with Crippen LogP contribution in [0.4, 0.5) is 11.5 Å². The molecule has 0 atom stereocenters. The number of nitrogens with zero attached hydrogens (tertiary/aromatic N) is 5. The molecule has 2 aromatic carbocycles. The van der Waals surface area contributed by atoms with Crippen molar-refractivity contribution < 1.29 is 9.47 Å². The fourth-order valence-corrected chi connectivity index (χ4v) is 3.81. The van der Waals surface area contributed by atoms with Crippen molar-refractivity contribution in [1.29, 1.82) is 0 Å². The minimum absolute atomic E-state index is 0.503. The number of pyridine rings is 1. The lowest BCUT2D eigenvalue weighted by atomic mass is 10.2. The Morgan fingerprint density at radius 2 is 1.89 bits per heavy atom. The summed E-state index contributed by atoms with van der Waals surface area (Å²) in [5.74, 6) is 3.80. The summed E-state index contributed by atoms with van der Waals surface area (Å²) >= 11 is 0. The Labute approximate surface area is 215 Å². The third kappa shape index (κ3) is 5.56. The quantitative estimate of drug-likeness (QED) is 0.258. The molecule has 0 radical (unpaired) electrons. The number of hydrogen-bond acceptors (Lipinski definition) is 8. The molecule has 9 nitrogen and oxygen atoms in total. The van der Waals surface area contributed by atoms with Crippen LogP contribution in [0.5, 0.6) is 17.2 Å². The van der Waals surface area contributed by atoms with Gasteiger partial charge in [0.05, 0.1) is 17.9 Å². The number of anilines is 2. The van der Waals surface area contributed by atoms with Crippen molar-refractivity contribution in [3.8, 4) is 17.2 Å². The van der Waals surface area contributed by atoms with E-state index in [0.717, 1.165) is 50.9 Å². The molecular formula is C28H29N7O2. The minimum atomic E-state index is 0.503. The van der Waals surface area contributed by atoms with Crippen LogP contribution in [-0.4, -0.2) is 51.5 Å². The van der Waals surface area contributed by atoms with Gasteiger partial charge in [0.15, 0.2) is 0 Å². The number of fused-ring (bicyclic) bond motifs is 2. The Balaban J connectivity index is 1.29. The van der Waals surface area contributed by atoms with Crippen molar-refractivity contribution in [2.75, 3.05) is 32.6 Å². The Morgan fingerprint density at radius 3 is 2.73 bits per heavy atom. The third-order valence-corrected chi connectivity index (χ3v) is 5.88. The fraction of sp³-hybridized carbons (Fsp3) is 0.179. The van der Waals surface area contributed by atoms with Crippen LogP contribution in [0.3, 0.4) is 0 Å². The molecule has 3 aromatic heterocycles. The molecule has 0 unspecified atom stereocenters. The molecule has 0 saturated carbocycles. The second-order valence-corrected chi connectivity index (χ2v) is 8.78. The first-order chi connectivity index (χ1) is 18.0. The molecule has 188 valence electrons. The van der Waals surface area contributed by atoms with E-state index >= 15 is 0 Å². The molecule has 0 fully saturated rings. The van der Waals surface area contributed by atoms with Crippen molar-refractivity contribution >= 4 is 28.1 Å². The minimum Gasteiger partial charge on any atom is -0.492 e. The summed E-state index contributed by atoms with van der Waals surface area (Å²) in [5, 5.41) is 7.51. The molecule has 0 bridgehead atoms. The predicted octanol–water partition coefficient (Wildman–Crippen LogP) is 5.12. The van der Waals surface area contributed by atoms with Crippen LogP contribution in [0.1, 0.15) is 5.56 Å². The average Bonchev–Trinajstić information content (AvgIpc) is 3.36. The molecule has 5 aromatic rings. The van der Waals surface area contributed by atoms with E-state index in [1.54, 1.807) is 12.5 Å². The van der Waals surface area contributed by atoms with E-state index in [1.165, 1.54) is 0 Å². The van der Waals surface area contributed by atoms with Crippen molar-refractivity contribution in [1.82, 2.24) is 29.6 Å². The highest BCUT2D eigenvalue weighted by Crippen LogP contribution is 2.31. The first-order valence-corrected chi connectivity index (χ1v) is 11.9. The van der Waals surface area contributed by atoms with Gasteiger partial charge in [-0.15, -0.1) is 0 Å². The van der Waals surface area contributed by atoms with Crippen LogP contribution in [0.2, 0.25) is 0 Å². The molecule has 0 amide bonds. The van der Waals surface area contributed by atoms with Gasteiger partial charge < -0.3 is 29.4 Å². The lowest BCUT2D eigenvalue weighted by Gasteiger charge is -2.17. The lowest BCUT2D eigenvalue weighted by molar-refractivity contribution is 0.311. The summed E-state index contributed by atoms with van der Waals surface area (Å²) < 4.78 is 14.0. The summed E-state index contributed by atoms with van der Waals surface area (Å²) in [6, 6.07) is 15.6. The molecule has 0 aliphatic rings. The Morgan fingerprint density at radius 1 is 1.00 bits per heavy atom. The number of rotatable bonds is 10. The zero-order valence-electron chi connectivity index (χ0n) is 21.1. The van der Waals surface area contributed by atoms with Crippen LogP contribution in [0.25, 0.3) is 16.6 Å². The summed E-state index contributed by atoms with van der Waals surface area (Å²) in [6.07, 6.45) is 7.14. The van der Waals surface area contributed by atoms with E-state index in [1.807, 2.05) is 91.2 Å². The molecule has 5 rings (SSSR count). The first kappa shape index (κ1) is 23.9. The van der Waals surface area contributed by atoms with E-state index in [4.69, 9.17) is 9.47 Å². The predicted molar refractivity (Wildman–Crippen MR) is 146 cm³/mol. The summed E-state index contributed by atoms with van der Waals surface area (Å²) in [4.78, 5) is 15.1. The molecule has 9 heteroatoms. The molecule has 2 N–H and O–H groups in total. The summed E-state index contributed by atoms with van der Waals surface area (Å²) in [7, 11) is 3.88. The summed E-state index contributed by atoms with van der Waals surface area (Å²) in [6.45, 7) is 7.12. The highest BCUT2D eigenvalue weighted by molar-refractivity contribution is 5.91. The molecule has 0 aliphatic heterocycles. The lowest BCUT2D eigenvalue weighted by Crippen LogP contribution is -2.28. The zero-order valence-corrected chi connectivity index (χ0v) is 21.1. The molecule has 0 spiro atoms. The number of benzene rings is 2. The molecule has 3 heterocycles. The Kier molecular flexibility index (Phi) is 6.76. The topological polar surface area (TPSA) is 88.8 Å². The molecule has 37 heavy (non-hydrogen) atoms. The Hall–Kier alpha value is -4.79. The monoisotopic (exact) mass is 495 g/mol. The SMILES string of the molecule is C=C(NCCOc1ccc2ncnc(Nc3ccc(Oc4ccn5ccnc5c4)c(C)c3)c2c1)N(C)C. The van der Waals surface area contributed by atoms with Crippen molar-refractivity contribution in [3.63, 3.8) is 0 Å². The van der Waals surface area contributed by atoms with Gasteiger partial charge in [-0.3, -0.25) is 0 Å². The van der Waals surface area contributed by atoms with Crippen LogP contribution in [0.15, 0.2) is 85.8 Å². The second kappa shape index (κ2) is 10.4. The van der Waals surface area contributed by atoms with Crippen molar-refractivity contribution in [2.45, 2.75) is 6.92 Å². The maximum Gasteiger partial charge on any atom is 0.141 e. The van der Waals surface area contributed by atoms with Crippen molar-refractivity contribution in [3.05, 3.63) is 91.4 Å². The van der Waals surface area contributed by atoms with Crippen molar-refractivity contribution in [2.24, 2.45) is 0 Å². The van der Waals surface area contributed by atoms with Crippen LogP contribution in [0, 0.1) is 6.92 Å². The van der Waals surface area contributed by atoms with Gasteiger partial charge in [-0.1, -0.05) is 6.58 Å². The second-order valence-electron chi connectivity index (χ2n) is 8.78. The normalized spacial score (nSPS) is 10.9. The van der Waals surface area contributed by atoms with Gasteiger partial charge in [0.1, 0.15) is 41.6 Å². The fourth-order valence-electron chi connectivity index (χ4n) is 3.81. The maximum absolute atomic E-state index is 6.12. The number of ether oxygens (including phenoxy) is 2.